The second-order valence-electron chi connectivity index (χ2n) is 5.41. The summed E-state index contributed by atoms with van der Waals surface area (Å²) in [6.07, 6.45) is 1.81. The minimum Gasteiger partial charge on any atom is -0.487 e. The number of rotatable bonds is 5. The van der Waals surface area contributed by atoms with Gasteiger partial charge in [-0.2, -0.15) is 0 Å². The van der Waals surface area contributed by atoms with Gasteiger partial charge in [0.2, 0.25) is 0 Å². The van der Waals surface area contributed by atoms with Crippen molar-refractivity contribution in [2.75, 3.05) is 6.61 Å². The first-order valence-electron chi connectivity index (χ1n) is 7.48. The topological polar surface area (TPSA) is 72.8 Å². The third-order valence-corrected chi connectivity index (χ3v) is 3.84. The molecule has 0 aromatic heterocycles. The maximum atomic E-state index is 13.8. The molecular formula is C16H18F2O5. The summed E-state index contributed by atoms with van der Waals surface area (Å²) in [6.45, 7) is 2.07. The molecule has 0 atom stereocenters. The lowest BCUT2D eigenvalue weighted by atomic mass is 9.87. The van der Waals surface area contributed by atoms with Crippen molar-refractivity contribution in [2.24, 2.45) is 5.92 Å². The molecule has 0 saturated heterocycles. The van der Waals surface area contributed by atoms with Crippen molar-refractivity contribution in [3.63, 3.8) is 0 Å². The molecule has 1 aromatic carbocycles. The van der Waals surface area contributed by atoms with E-state index in [-0.39, 0.29) is 23.7 Å². The molecule has 1 N–H and O–H groups in total. The van der Waals surface area contributed by atoms with Gasteiger partial charge in [0.15, 0.2) is 11.6 Å². The Kier molecular flexibility index (Phi) is 5.52. The van der Waals surface area contributed by atoms with Crippen molar-refractivity contribution in [3.05, 3.63) is 29.3 Å². The van der Waals surface area contributed by atoms with Crippen LogP contribution in [-0.4, -0.2) is 29.8 Å². The van der Waals surface area contributed by atoms with Crippen molar-refractivity contribution in [1.82, 2.24) is 0 Å². The SMILES string of the molecule is CCOC(=O)[C@H]1CC[C@H](Oc2cc(F)c(C(=O)O)cc2F)CC1. The molecule has 0 bridgehead atoms. The molecule has 126 valence electrons. The van der Waals surface area contributed by atoms with Gasteiger partial charge in [-0.3, -0.25) is 4.79 Å². The Morgan fingerprint density at radius 1 is 1.17 bits per heavy atom. The number of halogens is 2. The van der Waals surface area contributed by atoms with Crippen molar-refractivity contribution in [2.45, 2.75) is 38.7 Å². The lowest BCUT2D eigenvalue weighted by Crippen LogP contribution is -2.29. The molecule has 0 aliphatic heterocycles. The van der Waals surface area contributed by atoms with Crippen LogP contribution in [0.2, 0.25) is 0 Å². The Labute approximate surface area is 132 Å². The van der Waals surface area contributed by atoms with E-state index in [1.54, 1.807) is 6.92 Å². The highest BCUT2D eigenvalue weighted by atomic mass is 19.1. The molecular weight excluding hydrogens is 310 g/mol. The van der Waals surface area contributed by atoms with E-state index in [0.717, 1.165) is 6.07 Å². The van der Waals surface area contributed by atoms with Crippen LogP contribution in [0.4, 0.5) is 8.78 Å². The van der Waals surface area contributed by atoms with E-state index in [0.29, 0.717) is 38.4 Å². The molecule has 0 heterocycles. The largest absolute Gasteiger partial charge is 0.487 e. The van der Waals surface area contributed by atoms with Gasteiger partial charge in [-0.1, -0.05) is 0 Å². The van der Waals surface area contributed by atoms with Gasteiger partial charge in [0.1, 0.15) is 5.82 Å². The van der Waals surface area contributed by atoms with E-state index >= 15 is 0 Å². The summed E-state index contributed by atoms with van der Waals surface area (Å²) in [5, 5.41) is 8.74. The van der Waals surface area contributed by atoms with Gasteiger partial charge in [-0.05, 0) is 38.7 Å². The van der Waals surface area contributed by atoms with E-state index in [4.69, 9.17) is 14.6 Å². The zero-order valence-electron chi connectivity index (χ0n) is 12.7. The maximum Gasteiger partial charge on any atom is 0.338 e. The highest BCUT2D eigenvalue weighted by Crippen LogP contribution is 2.30. The van der Waals surface area contributed by atoms with Crippen LogP contribution in [0, 0.1) is 17.6 Å². The number of carbonyl (C=O) groups is 2. The van der Waals surface area contributed by atoms with Crippen molar-refractivity contribution in [1.29, 1.82) is 0 Å². The van der Waals surface area contributed by atoms with E-state index in [1.165, 1.54) is 0 Å². The summed E-state index contributed by atoms with van der Waals surface area (Å²) in [4.78, 5) is 22.4. The van der Waals surface area contributed by atoms with Crippen LogP contribution >= 0.6 is 0 Å². The summed E-state index contributed by atoms with van der Waals surface area (Å²) in [7, 11) is 0. The number of esters is 1. The van der Waals surface area contributed by atoms with Crippen molar-refractivity contribution in [3.8, 4) is 5.75 Å². The van der Waals surface area contributed by atoms with Crippen LogP contribution in [0.1, 0.15) is 43.0 Å². The van der Waals surface area contributed by atoms with Gasteiger partial charge < -0.3 is 14.6 Å². The maximum absolute atomic E-state index is 13.8. The van der Waals surface area contributed by atoms with Gasteiger partial charge in [-0.15, -0.1) is 0 Å². The number of carbonyl (C=O) groups excluding carboxylic acids is 1. The summed E-state index contributed by atoms with van der Waals surface area (Å²) in [6, 6.07) is 1.35. The smallest absolute Gasteiger partial charge is 0.338 e. The average Bonchev–Trinajstić information content (AvgIpc) is 2.51. The van der Waals surface area contributed by atoms with Gasteiger partial charge in [0.25, 0.3) is 0 Å². The summed E-state index contributed by atoms with van der Waals surface area (Å²) in [5.74, 6) is -4.25. The van der Waals surface area contributed by atoms with Crippen molar-refractivity contribution >= 4 is 11.9 Å². The number of hydrogen-bond acceptors (Lipinski definition) is 4. The van der Waals surface area contributed by atoms with E-state index < -0.39 is 23.2 Å². The van der Waals surface area contributed by atoms with Crippen LogP contribution < -0.4 is 4.74 Å². The molecule has 0 spiro atoms. The van der Waals surface area contributed by atoms with Crippen LogP contribution in [0.3, 0.4) is 0 Å². The molecule has 1 saturated carbocycles. The Bertz CT molecular complexity index is 594. The Morgan fingerprint density at radius 2 is 1.83 bits per heavy atom. The molecule has 2 rings (SSSR count). The third kappa shape index (κ3) is 4.18. The van der Waals surface area contributed by atoms with Crippen LogP contribution in [0.5, 0.6) is 5.75 Å². The standard InChI is InChI=1S/C16H18F2O5/c1-2-22-16(21)9-3-5-10(6-4-9)23-14-8-12(17)11(15(19)20)7-13(14)18/h7-10H,2-6H2,1H3,(H,19,20)/t9-,10-. The van der Waals surface area contributed by atoms with Crippen LogP contribution in [0.15, 0.2) is 12.1 Å². The zero-order valence-corrected chi connectivity index (χ0v) is 12.7. The lowest BCUT2D eigenvalue weighted by molar-refractivity contribution is -0.149. The quantitative estimate of drug-likeness (QED) is 0.841. The highest BCUT2D eigenvalue weighted by Gasteiger charge is 2.29. The molecule has 1 fully saturated rings. The fourth-order valence-electron chi connectivity index (χ4n) is 2.64. The van der Waals surface area contributed by atoms with Crippen LogP contribution in [-0.2, 0) is 9.53 Å². The second-order valence-corrected chi connectivity index (χ2v) is 5.41. The molecule has 23 heavy (non-hydrogen) atoms. The van der Waals surface area contributed by atoms with E-state index in [9.17, 15) is 18.4 Å². The number of aromatic carboxylic acids is 1. The normalized spacial score (nSPS) is 20.8. The van der Waals surface area contributed by atoms with E-state index in [2.05, 4.69) is 0 Å². The van der Waals surface area contributed by atoms with Crippen LogP contribution in [0.25, 0.3) is 0 Å². The van der Waals surface area contributed by atoms with E-state index in [1.807, 2.05) is 0 Å². The number of carboxylic acid groups (broad SMARTS) is 1. The first-order valence-corrected chi connectivity index (χ1v) is 7.48. The van der Waals surface area contributed by atoms with Crippen molar-refractivity contribution < 1.29 is 33.0 Å². The number of ether oxygens (including phenoxy) is 2. The zero-order chi connectivity index (χ0) is 17.0. The minimum atomic E-state index is -1.54. The monoisotopic (exact) mass is 328 g/mol. The molecule has 0 unspecified atom stereocenters. The molecule has 5 nitrogen and oxygen atoms in total. The predicted molar refractivity (Wildman–Crippen MR) is 76.3 cm³/mol. The molecule has 1 aromatic rings. The fourth-order valence-corrected chi connectivity index (χ4v) is 2.64. The molecule has 1 aliphatic carbocycles. The number of carboxylic acids is 1. The Hall–Kier alpha value is -2.18. The summed E-state index contributed by atoms with van der Waals surface area (Å²) < 4.78 is 37.8. The average molecular weight is 328 g/mol. The van der Waals surface area contributed by atoms with Gasteiger partial charge >= 0.3 is 11.9 Å². The minimum absolute atomic E-state index is 0.189. The van der Waals surface area contributed by atoms with Gasteiger partial charge in [0, 0.05) is 6.07 Å². The second kappa shape index (κ2) is 7.39. The van der Waals surface area contributed by atoms with Gasteiger partial charge in [-0.25, -0.2) is 13.6 Å². The Morgan fingerprint density at radius 3 is 2.39 bits per heavy atom. The first kappa shape index (κ1) is 17.2. The Balaban J connectivity index is 1.98. The third-order valence-electron chi connectivity index (χ3n) is 3.84. The molecule has 1 aliphatic rings. The summed E-state index contributed by atoms with van der Waals surface area (Å²) >= 11 is 0. The lowest BCUT2D eigenvalue weighted by Gasteiger charge is -2.27. The highest BCUT2D eigenvalue weighted by molar-refractivity contribution is 5.88. The number of hydrogen-bond donors (Lipinski definition) is 1. The fraction of sp³-hybridized carbons (Fsp3) is 0.500. The number of benzene rings is 1. The molecule has 0 amide bonds. The molecule has 0 radical (unpaired) electrons. The van der Waals surface area contributed by atoms with Gasteiger partial charge in [0.05, 0.1) is 24.2 Å². The predicted octanol–water partition coefficient (Wildman–Crippen LogP) is 3.16. The molecule has 7 heteroatoms. The summed E-state index contributed by atoms with van der Waals surface area (Å²) in [5.41, 5.74) is -0.735. The first-order chi connectivity index (χ1) is 10.9.